The smallest absolute Gasteiger partial charge is 0.317 e. The summed E-state index contributed by atoms with van der Waals surface area (Å²) in [6.45, 7) is 3.70. The minimum absolute atomic E-state index is 0.0116. The SMILES string of the molecule is CCC(C)N(CCS(=O)(=O)CCC(N)=O)CC(=O)O. The summed E-state index contributed by atoms with van der Waals surface area (Å²) in [5.41, 5.74) is 4.90. The fourth-order valence-corrected chi connectivity index (χ4v) is 2.73. The summed E-state index contributed by atoms with van der Waals surface area (Å²) in [5.74, 6) is -2.11. The Morgan fingerprint density at radius 3 is 2.32 bits per heavy atom. The van der Waals surface area contributed by atoms with Crippen molar-refractivity contribution < 1.29 is 23.1 Å². The molecule has 0 aliphatic rings. The number of sulfone groups is 1. The van der Waals surface area contributed by atoms with Gasteiger partial charge in [0.05, 0.1) is 18.1 Å². The van der Waals surface area contributed by atoms with Crippen LogP contribution in [0.1, 0.15) is 26.7 Å². The Morgan fingerprint density at radius 2 is 1.89 bits per heavy atom. The van der Waals surface area contributed by atoms with Gasteiger partial charge in [0.15, 0.2) is 9.84 Å². The van der Waals surface area contributed by atoms with Gasteiger partial charge in [-0.25, -0.2) is 8.42 Å². The van der Waals surface area contributed by atoms with E-state index >= 15 is 0 Å². The number of carbonyl (C=O) groups is 2. The normalized spacial score (nSPS) is 13.4. The summed E-state index contributed by atoms with van der Waals surface area (Å²) in [6.07, 6.45) is 0.527. The maximum atomic E-state index is 11.7. The van der Waals surface area contributed by atoms with Gasteiger partial charge in [-0.1, -0.05) is 6.92 Å². The Morgan fingerprint density at radius 1 is 1.32 bits per heavy atom. The summed E-state index contributed by atoms with van der Waals surface area (Å²) in [7, 11) is -3.38. The second-order valence-corrected chi connectivity index (χ2v) is 6.79. The van der Waals surface area contributed by atoms with Gasteiger partial charge in [-0.2, -0.15) is 0 Å². The van der Waals surface area contributed by atoms with Crippen molar-refractivity contribution in [3.05, 3.63) is 0 Å². The molecule has 0 aromatic carbocycles. The van der Waals surface area contributed by atoms with Crippen LogP contribution in [0.3, 0.4) is 0 Å². The van der Waals surface area contributed by atoms with Gasteiger partial charge < -0.3 is 10.8 Å². The molecule has 0 aliphatic heterocycles. The van der Waals surface area contributed by atoms with Gasteiger partial charge in [-0.3, -0.25) is 14.5 Å². The van der Waals surface area contributed by atoms with Crippen LogP contribution in [-0.4, -0.2) is 60.9 Å². The van der Waals surface area contributed by atoms with E-state index in [0.717, 1.165) is 6.42 Å². The lowest BCUT2D eigenvalue weighted by molar-refractivity contribution is -0.138. The molecule has 0 heterocycles. The van der Waals surface area contributed by atoms with E-state index in [1.807, 2.05) is 13.8 Å². The molecule has 1 unspecified atom stereocenters. The fraction of sp³-hybridized carbons (Fsp3) is 0.818. The van der Waals surface area contributed by atoms with Gasteiger partial charge in [-0.15, -0.1) is 0 Å². The van der Waals surface area contributed by atoms with Gasteiger partial charge in [0, 0.05) is 19.0 Å². The summed E-state index contributed by atoms with van der Waals surface area (Å²) >= 11 is 0. The first-order valence-electron chi connectivity index (χ1n) is 6.12. The summed E-state index contributed by atoms with van der Waals surface area (Å²) in [4.78, 5) is 22.9. The molecule has 0 fully saturated rings. The average molecular weight is 294 g/mol. The van der Waals surface area contributed by atoms with Gasteiger partial charge in [-0.05, 0) is 13.3 Å². The number of carboxylic acids is 1. The number of primary amides is 1. The second-order valence-electron chi connectivity index (χ2n) is 4.49. The highest BCUT2D eigenvalue weighted by atomic mass is 32.2. The van der Waals surface area contributed by atoms with Crippen LogP contribution < -0.4 is 5.73 Å². The van der Waals surface area contributed by atoms with Crippen molar-refractivity contribution >= 4 is 21.7 Å². The number of hydrogen-bond acceptors (Lipinski definition) is 5. The third kappa shape index (κ3) is 8.55. The third-order valence-corrected chi connectivity index (χ3v) is 4.53. The highest BCUT2D eigenvalue weighted by Crippen LogP contribution is 2.05. The monoisotopic (exact) mass is 294 g/mol. The van der Waals surface area contributed by atoms with E-state index in [1.165, 1.54) is 0 Å². The van der Waals surface area contributed by atoms with Gasteiger partial charge in [0.2, 0.25) is 5.91 Å². The molecule has 1 amide bonds. The van der Waals surface area contributed by atoms with Crippen molar-refractivity contribution in [3.8, 4) is 0 Å². The molecule has 0 bridgehead atoms. The van der Waals surface area contributed by atoms with E-state index < -0.39 is 21.7 Å². The molecule has 112 valence electrons. The lowest BCUT2D eigenvalue weighted by Gasteiger charge is -2.26. The van der Waals surface area contributed by atoms with Crippen molar-refractivity contribution in [1.29, 1.82) is 0 Å². The van der Waals surface area contributed by atoms with Crippen molar-refractivity contribution in [3.63, 3.8) is 0 Å². The number of hydrogen-bond donors (Lipinski definition) is 2. The molecule has 8 heteroatoms. The molecule has 0 saturated heterocycles. The molecule has 0 aliphatic carbocycles. The quantitative estimate of drug-likeness (QED) is 0.559. The topological polar surface area (TPSA) is 118 Å². The zero-order valence-electron chi connectivity index (χ0n) is 11.3. The number of amides is 1. The minimum Gasteiger partial charge on any atom is -0.480 e. The lowest BCUT2D eigenvalue weighted by atomic mass is 10.2. The van der Waals surface area contributed by atoms with Crippen LogP contribution in [-0.2, 0) is 19.4 Å². The number of rotatable bonds is 10. The van der Waals surface area contributed by atoms with Crippen LogP contribution in [0.4, 0.5) is 0 Å². The molecule has 0 saturated carbocycles. The maximum Gasteiger partial charge on any atom is 0.317 e. The first-order valence-corrected chi connectivity index (χ1v) is 7.94. The van der Waals surface area contributed by atoms with E-state index in [1.54, 1.807) is 4.90 Å². The highest BCUT2D eigenvalue weighted by molar-refractivity contribution is 7.91. The molecule has 3 N–H and O–H groups in total. The van der Waals surface area contributed by atoms with Crippen LogP contribution >= 0.6 is 0 Å². The van der Waals surface area contributed by atoms with Crippen LogP contribution in [0.2, 0.25) is 0 Å². The molecule has 0 aromatic rings. The Hall–Kier alpha value is -1.15. The van der Waals surface area contributed by atoms with Crippen LogP contribution in [0.15, 0.2) is 0 Å². The third-order valence-electron chi connectivity index (χ3n) is 2.90. The van der Waals surface area contributed by atoms with Crippen molar-refractivity contribution in [1.82, 2.24) is 4.90 Å². The summed E-state index contributed by atoms with van der Waals surface area (Å²) < 4.78 is 23.3. The van der Waals surface area contributed by atoms with E-state index in [4.69, 9.17) is 10.8 Å². The number of carbonyl (C=O) groups excluding carboxylic acids is 1. The summed E-state index contributed by atoms with van der Waals surface area (Å²) in [6, 6.07) is -0.0116. The molecule has 0 spiro atoms. The molecule has 0 radical (unpaired) electrons. The van der Waals surface area contributed by atoms with Crippen molar-refractivity contribution in [2.75, 3.05) is 24.6 Å². The Kier molecular flexibility index (Phi) is 7.62. The van der Waals surface area contributed by atoms with Gasteiger partial charge in [0.25, 0.3) is 0 Å². The lowest BCUT2D eigenvalue weighted by Crippen LogP contribution is -2.40. The average Bonchev–Trinajstić information content (AvgIpc) is 2.30. The maximum absolute atomic E-state index is 11.7. The Labute approximate surface area is 113 Å². The summed E-state index contributed by atoms with van der Waals surface area (Å²) in [5, 5.41) is 8.78. The second kappa shape index (κ2) is 8.11. The molecule has 19 heavy (non-hydrogen) atoms. The molecule has 1 atom stereocenters. The van der Waals surface area contributed by atoms with E-state index in [-0.39, 0.29) is 37.1 Å². The Bertz CT molecular complexity index is 407. The largest absolute Gasteiger partial charge is 0.480 e. The van der Waals surface area contributed by atoms with E-state index in [2.05, 4.69) is 0 Å². The predicted molar refractivity (Wildman–Crippen MR) is 71.4 cm³/mol. The highest BCUT2D eigenvalue weighted by Gasteiger charge is 2.19. The molecule has 0 aromatic heterocycles. The first kappa shape index (κ1) is 17.8. The molecular weight excluding hydrogens is 272 g/mol. The zero-order chi connectivity index (χ0) is 15.1. The molecular formula is C11H22N2O5S. The van der Waals surface area contributed by atoms with Crippen molar-refractivity contribution in [2.24, 2.45) is 5.73 Å². The Balaban J connectivity index is 4.44. The first-order chi connectivity index (χ1) is 8.68. The van der Waals surface area contributed by atoms with Gasteiger partial charge >= 0.3 is 5.97 Å². The zero-order valence-corrected chi connectivity index (χ0v) is 12.1. The number of nitrogens with zero attached hydrogens (tertiary/aromatic N) is 1. The number of carboxylic acid groups (broad SMARTS) is 1. The van der Waals surface area contributed by atoms with Crippen LogP contribution in [0.25, 0.3) is 0 Å². The number of aliphatic carboxylic acids is 1. The van der Waals surface area contributed by atoms with Crippen molar-refractivity contribution in [2.45, 2.75) is 32.7 Å². The predicted octanol–water partition coefficient (Wildman–Crippen LogP) is -0.538. The van der Waals surface area contributed by atoms with Gasteiger partial charge in [0.1, 0.15) is 0 Å². The minimum atomic E-state index is -3.38. The molecule has 0 rings (SSSR count). The molecule has 7 nitrogen and oxygen atoms in total. The standard InChI is InChI=1S/C11H22N2O5S/c1-3-9(2)13(8-11(15)16)5-7-19(17,18)6-4-10(12)14/h9H,3-8H2,1-2H3,(H2,12,14)(H,15,16). The fourth-order valence-electron chi connectivity index (χ4n) is 1.50. The van der Waals surface area contributed by atoms with Crippen LogP contribution in [0, 0.1) is 0 Å². The van der Waals surface area contributed by atoms with E-state index in [0.29, 0.717) is 0 Å². The van der Waals surface area contributed by atoms with E-state index in [9.17, 15) is 18.0 Å². The number of nitrogens with two attached hydrogens (primary N) is 1. The van der Waals surface area contributed by atoms with Crippen LogP contribution in [0.5, 0.6) is 0 Å².